The molecule has 0 saturated carbocycles. The summed E-state index contributed by atoms with van der Waals surface area (Å²) in [5.41, 5.74) is 3.01. The molecule has 0 bridgehead atoms. The average Bonchev–Trinajstić information content (AvgIpc) is 3.19. The predicted molar refractivity (Wildman–Crippen MR) is 142 cm³/mol. The molecule has 0 aliphatic heterocycles. The molecule has 182 valence electrons. The molecule has 0 radical (unpaired) electrons. The van der Waals surface area contributed by atoms with Crippen LogP contribution < -0.4 is 9.46 Å². The number of sulfonamides is 1. The average molecular weight is 576 g/mol. The summed E-state index contributed by atoms with van der Waals surface area (Å²) in [7, 11) is -4.02. The van der Waals surface area contributed by atoms with E-state index in [1.165, 1.54) is 12.1 Å². The van der Waals surface area contributed by atoms with Crippen molar-refractivity contribution in [3.63, 3.8) is 0 Å². The Labute approximate surface area is 218 Å². The molecular weight excluding hydrogens is 552 g/mol. The van der Waals surface area contributed by atoms with Crippen molar-refractivity contribution in [2.75, 3.05) is 6.61 Å². The minimum absolute atomic E-state index is 0.0127. The Kier molecular flexibility index (Phi) is 7.54. The van der Waals surface area contributed by atoms with Crippen molar-refractivity contribution in [3.05, 3.63) is 93.0 Å². The van der Waals surface area contributed by atoms with Crippen LogP contribution in [0.2, 0.25) is 5.02 Å². The summed E-state index contributed by atoms with van der Waals surface area (Å²) >= 11 is 9.51. The van der Waals surface area contributed by atoms with E-state index in [9.17, 15) is 13.2 Å². The number of rotatable bonds is 8. The van der Waals surface area contributed by atoms with Crippen molar-refractivity contribution in [3.8, 4) is 5.75 Å². The van der Waals surface area contributed by atoms with Gasteiger partial charge in [-0.1, -0.05) is 45.7 Å². The van der Waals surface area contributed by atoms with Gasteiger partial charge >= 0.3 is 0 Å². The standard InChI is InChI=1S/C26H24BrClN2O4S/c1-17-14-21(15-18(2)25(17)28)34-13-5-12-30-23-7-4-3-6-19(23)16-24(30)26(31)29-35(32,33)22-10-8-20(27)9-11-22/h3-4,6-11,14-16H,5,12-13H2,1-2H3,(H,29,31). The van der Waals surface area contributed by atoms with Crippen molar-refractivity contribution >= 4 is 54.4 Å². The fourth-order valence-corrected chi connectivity index (χ4v) is 5.22. The van der Waals surface area contributed by atoms with E-state index < -0.39 is 15.9 Å². The first-order valence-electron chi connectivity index (χ1n) is 11.0. The number of nitrogens with one attached hydrogen (secondary N) is 1. The van der Waals surface area contributed by atoms with E-state index in [2.05, 4.69) is 20.7 Å². The van der Waals surface area contributed by atoms with Crippen LogP contribution in [0.1, 0.15) is 28.0 Å². The van der Waals surface area contributed by atoms with Crippen molar-refractivity contribution in [1.82, 2.24) is 9.29 Å². The van der Waals surface area contributed by atoms with Crippen LogP contribution in [0.4, 0.5) is 0 Å². The highest BCUT2D eigenvalue weighted by molar-refractivity contribution is 9.10. The number of nitrogens with zero attached hydrogens (tertiary/aromatic N) is 1. The Morgan fingerprint density at radius 2 is 1.69 bits per heavy atom. The van der Waals surface area contributed by atoms with Crippen molar-refractivity contribution in [2.24, 2.45) is 0 Å². The second kappa shape index (κ2) is 10.4. The quantitative estimate of drug-likeness (QED) is 0.252. The second-order valence-corrected chi connectivity index (χ2v) is 11.2. The van der Waals surface area contributed by atoms with Crippen LogP contribution >= 0.6 is 27.5 Å². The minimum Gasteiger partial charge on any atom is -0.494 e. The fourth-order valence-electron chi connectivity index (χ4n) is 3.89. The maximum Gasteiger partial charge on any atom is 0.281 e. The number of aromatic nitrogens is 1. The molecule has 1 heterocycles. The Bertz CT molecular complexity index is 1470. The zero-order valence-corrected chi connectivity index (χ0v) is 22.4. The van der Waals surface area contributed by atoms with Crippen LogP contribution in [0, 0.1) is 13.8 Å². The number of aryl methyl sites for hydroxylation is 3. The van der Waals surface area contributed by atoms with Gasteiger partial charge in [-0.3, -0.25) is 4.79 Å². The second-order valence-electron chi connectivity index (χ2n) is 8.20. The summed E-state index contributed by atoms with van der Waals surface area (Å²) in [6.07, 6.45) is 0.610. The first kappa shape index (κ1) is 25.3. The van der Waals surface area contributed by atoms with E-state index >= 15 is 0 Å². The third kappa shape index (κ3) is 5.72. The number of hydrogen-bond acceptors (Lipinski definition) is 4. The third-order valence-electron chi connectivity index (χ3n) is 5.60. The van der Waals surface area contributed by atoms with Gasteiger partial charge in [-0.25, -0.2) is 13.1 Å². The summed E-state index contributed by atoms with van der Waals surface area (Å²) in [5, 5.41) is 1.58. The largest absolute Gasteiger partial charge is 0.494 e. The summed E-state index contributed by atoms with van der Waals surface area (Å²) in [5.74, 6) is 0.0503. The first-order chi connectivity index (χ1) is 16.7. The van der Waals surface area contributed by atoms with Crippen LogP contribution in [0.5, 0.6) is 5.75 Å². The molecule has 1 N–H and O–H groups in total. The zero-order chi connectivity index (χ0) is 25.2. The molecule has 1 aromatic heterocycles. The van der Waals surface area contributed by atoms with Gasteiger partial charge in [-0.2, -0.15) is 0 Å². The molecule has 6 nitrogen and oxygen atoms in total. The normalized spacial score (nSPS) is 11.5. The number of para-hydroxylation sites is 1. The van der Waals surface area contributed by atoms with Gasteiger partial charge in [0.05, 0.1) is 11.5 Å². The highest BCUT2D eigenvalue weighted by atomic mass is 79.9. The smallest absolute Gasteiger partial charge is 0.281 e. The molecule has 0 unspecified atom stereocenters. The minimum atomic E-state index is -4.02. The molecule has 4 aromatic rings. The van der Waals surface area contributed by atoms with Gasteiger partial charge < -0.3 is 9.30 Å². The van der Waals surface area contributed by atoms with E-state index in [1.54, 1.807) is 18.2 Å². The van der Waals surface area contributed by atoms with E-state index in [-0.39, 0.29) is 10.6 Å². The molecule has 0 saturated heterocycles. The molecule has 4 rings (SSSR count). The lowest BCUT2D eigenvalue weighted by Gasteiger charge is -2.13. The van der Waals surface area contributed by atoms with Crippen molar-refractivity contribution < 1.29 is 17.9 Å². The van der Waals surface area contributed by atoms with E-state index in [0.29, 0.717) is 19.6 Å². The van der Waals surface area contributed by atoms with Gasteiger partial charge in [0.2, 0.25) is 0 Å². The zero-order valence-electron chi connectivity index (χ0n) is 19.2. The van der Waals surface area contributed by atoms with Crippen molar-refractivity contribution in [2.45, 2.75) is 31.7 Å². The summed E-state index contributed by atoms with van der Waals surface area (Å²) in [6.45, 7) is 4.76. The van der Waals surface area contributed by atoms with Gasteiger partial charge in [0.15, 0.2) is 0 Å². The maximum absolute atomic E-state index is 13.1. The summed E-state index contributed by atoms with van der Waals surface area (Å²) in [6, 6.07) is 19.1. The maximum atomic E-state index is 13.1. The lowest BCUT2D eigenvalue weighted by Crippen LogP contribution is -2.32. The Hall–Kier alpha value is -2.81. The number of carbonyl (C=O) groups excluding carboxylic acids is 1. The highest BCUT2D eigenvalue weighted by Gasteiger charge is 2.22. The molecule has 0 aliphatic carbocycles. The van der Waals surface area contributed by atoms with E-state index in [1.807, 2.05) is 54.8 Å². The Morgan fingerprint density at radius 3 is 2.37 bits per heavy atom. The molecule has 9 heteroatoms. The van der Waals surface area contributed by atoms with Crippen molar-refractivity contribution in [1.29, 1.82) is 0 Å². The van der Waals surface area contributed by atoms with Gasteiger partial charge in [0, 0.05) is 26.9 Å². The molecule has 0 aliphatic rings. The van der Waals surface area contributed by atoms with Crippen LogP contribution in [0.25, 0.3) is 10.9 Å². The third-order valence-corrected chi connectivity index (χ3v) is 8.07. The highest BCUT2D eigenvalue weighted by Crippen LogP contribution is 2.26. The fraction of sp³-hybridized carbons (Fsp3) is 0.192. The van der Waals surface area contributed by atoms with Crippen LogP contribution in [-0.2, 0) is 16.6 Å². The predicted octanol–water partition coefficient (Wildman–Crippen LogP) is 6.26. The number of carbonyl (C=O) groups is 1. The Morgan fingerprint density at radius 1 is 1.03 bits per heavy atom. The SMILES string of the molecule is Cc1cc(OCCCn2c(C(=O)NS(=O)(=O)c3ccc(Br)cc3)cc3ccccc32)cc(C)c1Cl. The molecular formula is C26H24BrClN2O4S. The monoisotopic (exact) mass is 574 g/mol. The lowest BCUT2D eigenvalue weighted by atomic mass is 10.1. The van der Waals surface area contributed by atoms with Crippen LogP contribution in [0.15, 0.2) is 76.1 Å². The number of halogens is 2. The number of hydrogen-bond donors (Lipinski definition) is 1. The molecule has 1 amide bonds. The first-order valence-corrected chi connectivity index (χ1v) is 13.6. The van der Waals surface area contributed by atoms with Crippen LogP contribution in [-0.4, -0.2) is 25.5 Å². The molecule has 0 spiro atoms. The van der Waals surface area contributed by atoms with Gasteiger partial charge in [-0.15, -0.1) is 0 Å². The molecule has 0 atom stereocenters. The number of benzene rings is 3. The van der Waals surface area contributed by atoms with E-state index in [4.69, 9.17) is 16.3 Å². The number of amides is 1. The summed E-state index contributed by atoms with van der Waals surface area (Å²) in [4.78, 5) is 13.1. The molecule has 0 fully saturated rings. The topological polar surface area (TPSA) is 77.4 Å². The Balaban J connectivity index is 1.52. The molecule has 35 heavy (non-hydrogen) atoms. The number of fused-ring (bicyclic) bond motifs is 1. The van der Waals surface area contributed by atoms with E-state index in [0.717, 1.165) is 37.3 Å². The molecule has 3 aromatic carbocycles. The van der Waals surface area contributed by atoms with Gasteiger partial charge in [0.25, 0.3) is 15.9 Å². The van der Waals surface area contributed by atoms with Gasteiger partial charge in [0.1, 0.15) is 11.4 Å². The number of ether oxygens (including phenoxy) is 1. The lowest BCUT2D eigenvalue weighted by molar-refractivity contribution is 0.0972. The van der Waals surface area contributed by atoms with Gasteiger partial charge in [-0.05, 0) is 79.9 Å². The van der Waals surface area contributed by atoms with Crippen LogP contribution in [0.3, 0.4) is 0 Å². The summed E-state index contributed by atoms with van der Waals surface area (Å²) < 4.78 is 36.2.